The highest BCUT2D eigenvalue weighted by Crippen LogP contribution is 2.23. The van der Waals surface area contributed by atoms with Gasteiger partial charge in [0.25, 0.3) is 5.91 Å². The maximum absolute atomic E-state index is 12.5. The minimum Gasteiger partial charge on any atom is -0.495 e. The fourth-order valence-electron chi connectivity index (χ4n) is 2.74. The summed E-state index contributed by atoms with van der Waals surface area (Å²) in [7, 11) is 1.54. The Bertz CT molecular complexity index is 784. The summed E-state index contributed by atoms with van der Waals surface area (Å²) in [5.41, 5.74) is 2.51. The van der Waals surface area contributed by atoms with Crippen LogP contribution in [0.5, 0.6) is 11.5 Å². The van der Waals surface area contributed by atoms with Gasteiger partial charge in [-0.3, -0.25) is 9.59 Å². The van der Waals surface area contributed by atoms with Crippen LogP contribution in [-0.2, 0) is 9.59 Å². The number of nitrogens with one attached hydrogen (secondary N) is 1. The van der Waals surface area contributed by atoms with Crippen molar-refractivity contribution in [1.82, 2.24) is 4.90 Å². The van der Waals surface area contributed by atoms with Gasteiger partial charge in [-0.15, -0.1) is 0 Å². The van der Waals surface area contributed by atoms with Crippen molar-refractivity contribution in [3.63, 3.8) is 0 Å². The molecule has 0 unspecified atom stereocenters. The van der Waals surface area contributed by atoms with Crippen LogP contribution >= 0.6 is 0 Å². The molecule has 0 bridgehead atoms. The van der Waals surface area contributed by atoms with Crippen LogP contribution in [0, 0.1) is 13.8 Å². The number of anilines is 1. The third-order valence-electron chi connectivity index (χ3n) is 4.20. The van der Waals surface area contributed by atoms with Crippen LogP contribution in [0.2, 0.25) is 0 Å². The molecule has 6 nitrogen and oxygen atoms in total. The molecule has 0 fully saturated rings. The molecule has 2 amide bonds. The van der Waals surface area contributed by atoms with E-state index in [9.17, 15) is 9.59 Å². The summed E-state index contributed by atoms with van der Waals surface area (Å²) in [5.74, 6) is 0.746. The molecule has 1 N–H and O–H groups in total. The normalized spacial score (nSPS) is 10.2. The highest BCUT2D eigenvalue weighted by Gasteiger charge is 2.18. The Morgan fingerprint density at radius 1 is 1.04 bits per heavy atom. The molecule has 2 aromatic carbocycles. The van der Waals surface area contributed by atoms with Gasteiger partial charge >= 0.3 is 0 Å². The van der Waals surface area contributed by atoms with Gasteiger partial charge in [-0.2, -0.15) is 0 Å². The summed E-state index contributed by atoms with van der Waals surface area (Å²) in [6, 6.07) is 13.0. The van der Waals surface area contributed by atoms with Crippen molar-refractivity contribution in [2.24, 2.45) is 0 Å². The molecular formula is C21H26N2O4. The van der Waals surface area contributed by atoms with E-state index in [1.165, 1.54) is 12.0 Å². The number of amides is 2. The van der Waals surface area contributed by atoms with E-state index in [2.05, 4.69) is 5.32 Å². The molecule has 0 aliphatic heterocycles. The number of nitrogens with zero attached hydrogens (tertiary/aromatic N) is 1. The number of carbonyl (C=O) groups excluding carboxylic acids is 2. The van der Waals surface area contributed by atoms with E-state index in [0.717, 1.165) is 11.1 Å². The molecule has 0 saturated heterocycles. The fraction of sp³-hybridized carbons (Fsp3) is 0.333. The van der Waals surface area contributed by atoms with Gasteiger partial charge in [0.1, 0.15) is 11.5 Å². The summed E-state index contributed by atoms with van der Waals surface area (Å²) in [6.07, 6.45) is 0. The first-order chi connectivity index (χ1) is 13.0. The van der Waals surface area contributed by atoms with Crippen LogP contribution in [-0.4, -0.2) is 43.5 Å². The summed E-state index contributed by atoms with van der Waals surface area (Å²) in [5, 5.41) is 2.77. The molecule has 0 spiro atoms. The van der Waals surface area contributed by atoms with E-state index in [1.54, 1.807) is 18.2 Å². The molecule has 2 aromatic rings. The van der Waals surface area contributed by atoms with Crippen molar-refractivity contribution in [1.29, 1.82) is 0 Å². The molecule has 2 rings (SSSR count). The van der Waals surface area contributed by atoms with Crippen molar-refractivity contribution in [2.75, 3.05) is 32.1 Å². The lowest BCUT2D eigenvalue weighted by Gasteiger charge is -2.21. The minimum absolute atomic E-state index is 0.0521. The fourth-order valence-corrected chi connectivity index (χ4v) is 2.74. The maximum Gasteiger partial charge on any atom is 0.260 e. The zero-order valence-electron chi connectivity index (χ0n) is 16.2. The van der Waals surface area contributed by atoms with Crippen LogP contribution in [0.3, 0.4) is 0 Å². The van der Waals surface area contributed by atoms with E-state index < -0.39 is 0 Å². The zero-order valence-corrected chi connectivity index (χ0v) is 16.2. The second-order valence-corrected chi connectivity index (χ2v) is 6.17. The number of aryl methyl sites for hydroxylation is 2. The lowest BCUT2D eigenvalue weighted by molar-refractivity contribution is -0.136. The van der Waals surface area contributed by atoms with Gasteiger partial charge in [0.15, 0.2) is 6.61 Å². The molecule has 0 aliphatic carbocycles. The second kappa shape index (κ2) is 9.62. The van der Waals surface area contributed by atoms with E-state index >= 15 is 0 Å². The number of methoxy groups -OCH3 is 1. The largest absolute Gasteiger partial charge is 0.495 e. The first-order valence-corrected chi connectivity index (χ1v) is 8.86. The van der Waals surface area contributed by atoms with Crippen molar-refractivity contribution < 1.29 is 19.1 Å². The molecular weight excluding hydrogens is 344 g/mol. The van der Waals surface area contributed by atoms with Crippen LogP contribution in [0.4, 0.5) is 5.69 Å². The lowest BCUT2D eigenvalue weighted by Crippen LogP contribution is -2.40. The molecule has 6 heteroatoms. The van der Waals surface area contributed by atoms with Gasteiger partial charge in [0.05, 0.1) is 19.3 Å². The summed E-state index contributed by atoms with van der Waals surface area (Å²) in [4.78, 5) is 26.3. The van der Waals surface area contributed by atoms with Crippen molar-refractivity contribution >= 4 is 17.5 Å². The zero-order chi connectivity index (χ0) is 19.8. The molecule has 0 saturated carbocycles. The Kier molecular flexibility index (Phi) is 7.23. The standard InChI is InChI=1S/C21H26N2O4/c1-5-23(13-19(24)22-17-11-6-7-12-18(17)26-4)20(25)14-27-21-15(2)9-8-10-16(21)3/h6-12H,5,13-14H2,1-4H3,(H,22,24). The van der Waals surface area contributed by atoms with Crippen LogP contribution < -0.4 is 14.8 Å². The highest BCUT2D eigenvalue weighted by atomic mass is 16.5. The molecule has 0 heterocycles. The molecule has 144 valence electrons. The Morgan fingerprint density at radius 3 is 2.33 bits per heavy atom. The van der Waals surface area contributed by atoms with E-state index in [4.69, 9.17) is 9.47 Å². The molecule has 0 aromatic heterocycles. The van der Waals surface area contributed by atoms with Crippen LogP contribution in [0.25, 0.3) is 0 Å². The SMILES string of the molecule is CCN(CC(=O)Nc1ccccc1OC)C(=O)COc1c(C)cccc1C. The Hall–Kier alpha value is -3.02. The monoisotopic (exact) mass is 370 g/mol. The number of hydrogen-bond donors (Lipinski definition) is 1. The summed E-state index contributed by atoms with van der Waals surface area (Å²) in [6.45, 7) is 5.95. The minimum atomic E-state index is -0.290. The maximum atomic E-state index is 12.5. The number of para-hydroxylation sites is 3. The quantitative estimate of drug-likeness (QED) is 0.775. The first-order valence-electron chi connectivity index (χ1n) is 8.86. The number of carbonyl (C=O) groups is 2. The molecule has 0 aliphatic rings. The topological polar surface area (TPSA) is 67.9 Å². The molecule has 0 radical (unpaired) electrons. The van der Waals surface area contributed by atoms with E-state index in [1.807, 2.05) is 45.0 Å². The van der Waals surface area contributed by atoms with Crippen LogP contribution in [0.1, 0.15) is 18.1 Å². The first kappa shape index (κ1) is 20.3. The Labute approximate surface area is 160 Å². The average Bonchev–Trinajstić information content (AvgIpc) is 2.66. The number of ether oxygens (including phenoxy) is 2. The van der Waals surface area contributed by atoms with Gasteiger partial charge in [-0.1, -0.05) is 30.3 Å². The Morgan fingerprint density at radius 2 is 1.70 bits per heavy atom. The van der Waals surface area contributed by atoms with Crippen LogP contribution in [0.15, 0.2) is 42.5 Å². The Balaban J connectivity index is 1.95. The van der Waals surface area contributed by atoms with E-state index in [-0.39, 0.29) is 25.0 Å². The number of benzene rings is 2. The van der Waals surface area contributed by atoms with Gasteiger partial charge in [0, 0.05) is 6.54 Å². The van der Waals surface area contributed by atoms with Gasteiger partial charge in [-0.25, -0.2) is 0 Å². The lowest BCUT2D eigenvalue weighted by atomic mass is 10.1. The summed E-state index contributed by atoms with van der Waals surface area (Å²) < 4.78 is 10.9. The van der Waals surface area contributed by atoms with Crippen molar-refractivity contribution in [3.8, 4) is 11.5 Å². The summed E-state index contributed by atoms with van der Waals surface area (Å²) >= 11 is 0. The van der Waals surface area contributed by atoms with Gasteiger partial charge < -0.3 is 19.7 Å². The van der Waals surface area contributed by atoms with Gasteiger partial charge in [-0.05, 0) is 44.0 Å². The predicted molar refractivity (Wildman–Crippen MR) is 105 cm³/mol. The van der Waals surface area contributed by atoms with E-state index in [0.29, 0.717) is 23.7 Å². The highest BCUT2D eigenvalue weighted by molar-refractivity contribution is 5.95. The third-order valence-corrected chi connectivity index (χ3v) is 4.20. The van der Waals surface area contributed by atoms with Gasteiger partial charge in [0.2, 0.25) is 5.91 Å². The molecule has 0 atom stereocenters. The number of rotatable bonds is 8. The van der Waals surface area contributed by atoms with Crippen molar-refractivity contribution in [3.05, 3.63) is 53.6 Å². The average molecular weight is 370 g/mol. The number of likely N-dealkylation sites (N-methyl/N-ethyl adjacent to an activating group) is 1. The number of hydrogen-bond acceptors (Lipinski definition) is 4. The van der Waals surface area contributed by atoms with Crippen molar-refractivity contribution in [2.45, 2.75) is 20.8 Å². The predicted octanol–water partition coefficient (Wildman–Crippen LogP) is 3.18. The smallest absolute Gasteiger partial charge is 0.260 e. The third kappa shape index (κ3) is 5.48. The second-order valence-electron chi connectivity index (χ2n) is 6.17. The molecule has 27 heavy (non-hydrogen) atoms.